The van der Waals surface area contributed by atoms with Crippen LogP contribution in [-0.4, -0.2) is 41.4 Å². The van der Waals surface area contributed by atoms with Crippen LogP contribution in [0.4, 0.5) is 5.82 Å². The summed E-state index contributed by atoms with van der Waals surface area (Å²) in [5.74, 6) is 0.974. The van der Waals surface area contributed by atoms with Crippen molar-refractivity contribution in [3.8, 4) is 0 Å². The lowest BCUT2D eigenvalue weighted by atomic mass is 10.3. The Morgan fingerprint density at radius 1 is 1.59 bits per heavy atom. The van der Waals surface area contributed by atoms with E-state index in [1.807, 2.05) is 7.05 Å². The Morgan fingerprint density at radius 2 is 2.47 bits per heavy atom. The van der Waals surface area contributed by atoms with Crippen molar-refractivity contribution >= 4 is 28.3 Å². The first-order chi connectivity index (χ1) is 8.28. The SMILES string of the molecule is CNC1CCN(c2n[nH]c3cc(Cl)ncc23)C1. The highest BCUT2D eigenvalue weighted by Crippen LogP contribution is 2.27. The molecule has 1 fully saturated rings. The number of pyridine rings is 1. The smallest absolute Gasteiger partial charge is 0.159 e. The average Bonchev–Trinajstić information content (AvgIpc) is 2.93. The fraction of sp³-hybridized carbons (Fsp3) is 0.455. The molecular formula is C11H14ClN5. The predicted octanol–water partition coefficient (Wildman–Crippen LogP) is 1.41. The molecule has 2 N–H and O–H groups in total. The van der Waals surface area contributed by atoms with E-state index in [0.29, 0.717) is 11.2 Å². The van der Waals surface area contributed by atoms with Crippen molar-refractivity contribution in [1.29, 1.82) is 0 Å². The summed E-state index contributed by atoms with van der Waals surface area (Å²) < 4.78 is 0. The lowest BCUT2D eigenvalue weighted by Crippen LogP contribution is -2.29. The van der Waals surface area contributed by atoms with Gasteiger partial charge in [-0.15, -0.1) is 0 Å². The first kappa shape index (κ1) is 10.8. The van der Waals surface area contributed by atoms with E-state index in [2.05, 4.69) is 25.4 Å². The highest BCUT2D eigenvalue weighted by atomic mass is 35.5. The molecule has 0 radical (unpaired) electrons. The van der Waals surface area contributed by atoms with Crippen molar-refractivity contribution in [3.05, 3.63) is 17.4 Å². The Kier molecular flexibility index (Phi) is 2.64. The number of halogens is 1. The van der Waals surface area contributed by atoms with Crippen LogP contribution in [0, 0.1) is 0 Å². The number of aromatic amines is 1. The van der Waals surface area contributed by atoms with Gasteiger partial charge < -0.3 is 10.2 Å². The molecule has 5 nitrogen and oxygen atoms in total. The van der Waals surface area contributed by atoms with Crippen LogP contribution in [0.3, 0.4) is 0 Å². The first-order valence-electron chi connectivity index (χ1n) is 5.70. The first-order valence-corrected chi connectivity index (χ1v) is 6.07. The minimum Gasteiger partial charge on any atom is -0.353 e. The standard InChI is InChI=1S/C11H14ClN5/c1-13-7-2-3-17(6-7)11-8-5-14-10(12)4-9(8)15-16-11/h4-5,7,13H,2-3,6H2,1H3,(H,15,16). The molecule has 17 heavy (non-hydrogen) atoms. The molecule has 0 aliphatic carbocycles. The van der Waals surface area contributed by atoms with Gasteiger partial charge in [-0.25, -0.2) is 4.98 Å². The molecule has 90 valence electrons. The Hall–Kier alpha value is -1.33. The van der Waals surface area contributed by atoms with Gasteiger partial charge in [0.05, 0.1) is 10.9 Å². The van der Waals surface area contributed by atoms with Crippen molar-refractivity contribution in [1.82, 2.24) is 20.5 Å². The summed E-state index contributed by atoms with van der Waals surface area (Å²) in [6.07, 6.45) is 2.93. The van der Waals surface area contributed by atoms with Gasteiger partial charge in [-0.2, -0.15) is 5.10 Å². The third-order valence-electron chi connectivity index (χ3n) is 3.29. The van der Waals surface area contributed by atoms with E-state index in [0.717, 1.165) is 36.2 Å². The Bertz CT molecular complexity index is 538. The molecule has 6 heteroatoms. The maximum absolute atomic E-state index is 5.85. The van der Waals surface area contributed by atoms with Crippen LogP contribution in [-0.2, 0) is 0 Å². The monoisotopic (exact) mass is 251 g/mol. The maximum atomic E-state index is 5.85. The summed E-state index contributed by atoms with van der Waals surface area (Å²) in [6, 6.07) is 2.35. The predicted molar refractivity (Wildman–Crippen MR) is 68.6 cm³/mol. The van der Waals surface area contributed by atoms with Gasteiger partial charge in [0.25, 0.3) is 0 Å². The van der Waals surface area contributed by atoms with Crippen molar-refractivity contribution in [2.45, 2.75) is 12.5 Å². The van der Waals surface area contributed by atoms with Crippen LogP contribution < -0.4 is 10.2 Å². The largest absolute Gasteiger partial charge is 0.353 e. The zero-order valence-electron chi connectivity index (χ0n) is 9.57. The number of nitrogens with zero attached hydrogens (tertiary/aromatic N) is 3. The van der Waals surface area contributed by atoms with Crippen LogP contribution in [0.5, 0.6) is 0 Å². The number of anilines is 1. The second kappa shape index (κ2) is 4.16. The van der Waals surface area contributed by atoms with E-state index >= 15 is 0 Å². The van der Waals surface area contributed by atoms with E-state index in [4.69, 9.17) is 11.6 Å². The molecule has 0 bridgehead atoms. The summed E-state index contributed by atoms with van der Waals surface area (Å²) in [5, 5.41) is 12.2. The van der Waals surface area contributed by atoms with Crippen molar-refractivity contribution in [3.63, 3.8) is 0 Å². The zero-order valence-corrected chi connectivity index (χ0v) is 10.3. The van der Waals surface area contributed by atoms with Gasteiger partial charge in [0, 0.05) is 31.4 Å². The summed E-state index contributed by atoms with van der Waals surface area (Å²) in [4.78, 5) is 6.39. The third-order valence-corrected chi connectivity index (χ3v) is 3.50. The van der Waals surface area contributed by atoms with Gasteiger partial charge in [0.2, 0.25) is 0 Å². The second-order valence-electron chi connectivity index (χ2n) is 4.32. The number of H-pyrrole nitrogens is 1. The minimum atomic E-state index is 0.488. The molecule has 1 saturated heterocycles. The van der Waals surface area contributed by atoms with E-state index < -0.39 is 0 Å². The lowest BCUT2D eigenvalue weighted by Gasteiger charge is -2.15. The van der Waals surface area contributed by atoms with Crippen LogP contribution in [0.25, 0.3) is 10.9 Å². The van der Waals surface area contributed by atoms with Crippen LogP contribution in [0.1, 0.15) is 6.42 Å². The topological polar surface area (TPSA) is 56.8 Å². The lowest BCUT2D eigenvalue weighted by molar-refractivity contribution is 0.616. The molecule has 0 amide bonds. The van der Waals surface area contributed by atoms with E-state index in [1.54, 1.807) is 12.3 Å². The maximum Gasteiger partial charge on any atom is 0.159 e. The Balaban J connectivity index is 1.96. The van der Waals surface area contributed by atoms with Crippen molar-refractivity contribution in [2.75, 3.05) is 25.0 Å². The van der Waals surface area contributed by atoms with Gasteiger partial charge in [-0.3, -0.25) is 5.10 Å². The Labute approximate surface area is 104 Å². The molecular weight excluding hydrogens is 238 g/mol. The van der Waals surface area contributed by atoms with Crippen LogP contribution in [0.2, 0.25) is 5.15 Å². The normalized spacial score (nSPS) is 20.4. The van der Waals surface area contributed by atoms with Crippen molar-refractivity contribution < 1.29 is 0 Å². The van der Waals surface area contributed by atoms with E-state index in [9.17, 15) is 0 Å². The number of nitrogens with one attached hydrogen (secondary N) is 2. The molecule has 2 aromatic rings. The molecule has 1 aliphatic rings. The quantitative estimate of drug-likeness (QED) is 0.793. The van der Waals surface area contributed by atoms with Crippen LogP contribution >= 0.6 is 11.6 Å². The molecule has 2 aromatic heterocycles. The molecule has 3 heterocycles. The number of rotatable bonds is 2. The highest BCUT2D eigenvalue weighted by molar-refractivity contribution is 6.30. The minimum absolute atomic E-state index is 0.488. The third kappa shape index (κ3) is 1.85. The number of fused-ring (bicyclic) bond motifs is 1. The van der Waals surface area contributed by atoms with Gasteiger partial charge in [0.15, 0.2) is 5.82 Å². The molecule has 1 unspecified atom stereocenters. The zero-order chi connectivity index (χ0) is 11.8. The van der Waals surface area contributed by atoms with Gasteiger partial charge in [-0.1, -0.05) is 11.6 Å². The average molecular weight is 252 g/mol. The molecule has 1 aliphatic heterocycles. The molecule has 3 rings (SSSR count). The fourth-order valence-electron chi connectivity index (χ4n) is 2.30. The summed E-state index contributed by atoms with van der Waals surface area (Å²) in [6.45, 7) is 2.01. The number of aromatic nitrogens is 3. The van der Waals surface area contributed by atoms with Gasteiger partial charge in [0.1, 0.15) is 5.15 Å². The van der Waals surface area contributed by atoms with E-state index in [1.165, 1.54) is 0 Å². The molecule has 0 aromatic carbocycles. The van der Waals surface area contributed by atoms with Gasteiger partial charge in [-0.05, 0) is 13.5 Å². The van der Waals surface area contributed by atoms with Crippen molar-refractivity contribution in [2.24, 2.45) is 0 Å². The van der Waals surface area contributed by atoms with Crippen LogP contribution in [0.15, 0.2) is 12.3 Å². The molecule has 0 saturated carbocycles. The summed E-state index contributed by atoms with van der Waals surface area (Å²) >= 11 is 5.85. The number of hydrogen-bond donors (Lipinski definition) is 2. The number of likely N-dealkylation sites (N-methyl/N-ethyl adjacent to an activating group) is 1. The molecule has 0 spiro atoms. The second-order valence-corrected chi connectivity index (χ2v) is 4.71. The summed E-state index contributed by atoms with van der Waals surface area (Å²) in [5.41, 5.74) is 0.938. The highest BCUT2D eigenvalue weighted by Gasteiger charge is 2.24. The van der Waals surface area contributed by atoms with E-state index in [-0.39, 0.29) is 0 Å². The van der Waals surface area contributed by atoms with Gasteiger partial charge >= 0.3 is 0 Å². The fourth-order valence-corrected chi connectivity index (χ4v) is 2.46. The Morgan fingerprint density at radius 3 is 3.24 bits per heavy atom. The number of hydrogen-bond acceptors (Lipinski definition) is 4. The molecule has 1 atom stereocenters. The summed E-state index contributed by atoms with van der Waals surface area (Å²) in [7, 11) is 2.00.